The summed E-state index contributed by atoms with van der Waals surface area (Å²) in [6.45, 7) is 3.68. The highest BCUT2D eigenvalue weighted by Gasteiger charge is 2.63. The van der Waals surface area contributed by atoms with E-state index in [4.69, 9.17) is 0 Å². The molecule has 1 N–H and O–H groups in total. The van der Waals surface area contributed by atoms with Gasteiger partial charge in [-0.05, 0) is 43.7 Å². The third kappa shape index (κ3) is 0.586. The zero-order valence-corrected chi connectivity index (χ0v) is 6.28. The highest BCUT2D eigenvalue weighted by atomic mass is 14.9. The van der Waals surface area contributed by atoms with E-state index in [1.54, 1.807) is 0 Å². The SMILES string of the molecule is CNCC1CC2CC12C. The summed E-state index contributed by atoms with van der Waals surface area (Å²) in [4.78, 5) is 0. The summed E-state index contributed by atoms with van der Waals surface area (Å²) in [5.74, 6) is 2.13. The van der Waals surface area contributed by atoms with Gasteiger partial charge in [-0.1, -0.05) is 6.92 Å². The predicted octanol–water partition coefficient (Wildman–Crippen LogP) is 1.25. The highest BCUT2D eigenvalue weighted by Crippen LogP contribution is 2.70. The first-order chi connectivity index (χ1) is 4.27. The number of fused-ring (bicyclic) bond motifs is 1. The molecule has 2 rings (SSSR count). The van der Waals surface area contributed by atoms with Crippen LogP contribution in [0.1, 0.15) is 19.8 Å². The lowest BCUT2D eigenvalue weighted by molar-refractivity contribution is 0.177. The zero-order valence-electron chi connectivity index (χ0n) is 6.28. The van der Waals surface area contributed by atoms with Crippen molar-refractivity contribution in [2.75, 3.05) is 13.6 Å². The van der Waals surface area contributed by atoms with Gasteiger partial charge in [0.15, 0.2) is 0 Å². The molecule has 52 valence electrons. The van der Waals surface area contributed by atoms with E-state index in [2.05, 4.69) is 19.3 Å². The van der Waals surface area contributed by atoms with Crippen molar-refractivity contribution in [3.63, 3.8) is 0 Å². The molecule has 0 bridgehead atoms. The van der Waals surface area contributed by atoms with E-state index in [0.29, 0.717) is 0 Å². The fourth-order valence-electron chi connectivity index (χ4n) is 2.34. The van der Waals surface area contributed by atoms with Gasteiger partial charge in [-0.3, -0.25) is 0 Å². The van der Waals surface area contributed by atoms with Crippen LogP contribution in [0.4, 0.5) is 0 Å². The Hall–Kier alpha value is -0.0400. The first kappa shape index (κ1) is 5.72. The van der Waals surface area contributed by atoms with Crippen LogP contribution >= 0.6 is 0 Å². The molecule has 2 saturated carbocycles. The minimum Gasteiger partial charge on any atom is -0.319 e. The van der Waals surface area contributed by atoms with Gasteiger partial charge in [0.25, 0.3) is 0 Å². The third-order valence-corrected chi connectivity index (χ3v) is 3.41. The minimum absolute atomic E-state index is 0.795. The normalized spacial score (nSPS) is 54.0. The average molecular weight is 125 g/mol. The van der Waals surface area contributed by atoms with Crippen LogP contribution in [-0.4, -0.2) is 13.6 Å². The molecule has 1 nitrogen and oxygen atoms in total. The van der Waals surface area contributed by atoms with E-state index in [1.807, 2.05) is 0 Å². The number of hydrogen-bond donors (Lipinski definition) is 1. The van der Waals surface area contributed by atoms with Crippen LogP contribution in [0, 0.1) is 17.3 Å². The van der Waals surface area contributed by atoms with Crippen LogP contribution in [0.5, 0.6) is 0 Å². The lowest BCUT2D eigenvalue weighted by Crippen LogP contribution is -2.33. The summed E-state index contributed by atoms with van der Waals surface area (Å²) < 4.78 is 0. The molecule has 0 heterocycles. The summed E-state index contributed by atoms with van der Waals surface area (Å²) in [5, 5.41) is 3.25. The maximum absolute atomic E-state index is 3.25. The fraction of sp³-hybridized carbons (Fsp3) is 1.00. The molecule has 2 fully saturated rings. The van der Waals surface area contributed by atoms with E-state index >= 15 is 0 Å². The van der Waals surface area contributed by atoms with Crippen molar-refractivity contribution in [3.05, 3.63) is 0 Å². The second-order valence-corrected chi connectivity index (χ2v) is 3.90. The van der Waals surface area contributed by atoms with Crippen molar-refractivity contribution >= 4 is 0 Å². The Labute approximate surface area is 56.8 Å². The maximum atomic E-state index is 3.25. The van der Waals surface area contributed by atoms with Crippen molar-refractivity contribution < 1.29 is 0 Å². The van der Waals surface area contributed by atoms with Gasteiger partial charge in [-0.25, -0.2) is 0 Å². The van der Waals surface area contributed by atoms with Crippen molar-refractivity contribution in [1.82, 2.24) is 5.32 Å². The number of hydrogen-bond acceptors (Lipinski definition) is 1. The first-order valence-corrected chi connectivity index (χ1v) is 3.92. The lowest BCUT2D eigenvalue weighted by Gasteiger charge is -2.33. The summed E-state index contributed by atoms with van der Waals surface area (Å²) in [7, 11) is 2.05. The fourth-order valence-corrected chi connectivity index (χ4v) is 2.34. The van der Waals surface area contributed by atoms with Gasteiger partial charge in [-0.15, -0.1) is 0 Å². The van der Waals surface area contributed by atoms with Crippen LogP contribution in [0.15, 0.2) is 0 Å². The Morgan fingerprint density at radius 3 is 2.78 bits per heavy atom. The monoisotopic (exact) mass is 125 g/mol. The second kappa shape index (κ2) is 1.51. The number of nitrogens with one attached hydrogen (secondary N) is 1. The van der Waals surface area contributed by atoms with E-state index in [0.717, 1.165) is 17.3 Å². The van der Waals surface area contributed by atoms with Gasteiger partial charge < -0.3 is 5.32 Å². The molecule has 2 aliphatic rings. The molecule has 3 unspecified atom stereocenters. The molecular formula is C8H15N. The lowest BCUT2D eigenvalue weighted by atomic mass is 9.74. The van der Waals surface area contributed by atoms with Crippen LogP contribution in [0.25, 0.3) is 0 Å². The van der Waals surface area contributed by atoms with Gasteiger partial charge in [0, 0.05) is 0 Å². The van der Waals surface area contributed by atoms with Crippen LogP contribution in [0.2, 0.25) is 0 Å². The number of rotatable bonds is 2. The molecule has 0 aromatic rings. The van der Waals surface area contributed by atoms with E-state index < -0.39 is 0 Å². The van der Waals surface area contributed by atoms with E-state index in [1.165, 1.54) is 19.4 Å². The summed E-state index contributed by atoms with van der Waals surface area (Å²) >= 11 is 0. The smallest absolute Gasteiger partial charge is 0.00181 e. The quantitative estimate of drug-likeness (QED) is 0.585. The molecule has 0 saturated heterocycles. The van der Waals surface area contributed by atoms with Crippen LogP contribution in [0.3, 0.4) is 0 Å². The maximum Gasteiger partial charge on any atom is -0.00181 e. The highest BCUT2D eigenvalue weighted by molar-refractivity contribution is 5.13. The molecule has 3 atom stereocenters. The Morgan fingerprint density at radius 1 is 1.67 bits per heavy atom. The minimum atomic E-state index is 0.795. The van der Waals surface area contributed by atoms with E-state index in [9.17, 15) is 0 Å². The molecule has 1 heteroatoms. The molecule has 0 aliphatic heterocycles. The predicted molar refractivity (Wildman–Crippen MR) is 38.2 cm³/mol. The molecule has 0 amide bonds. The second-order valence-electron chi connectivity index (χ2n) is 3.90. The average Bonchev–Trinajstić information content (AvgIpc) is 2.34. The molecule has 0 aromatic heterocycles. The first-order valence-electron chi connectivity index (χ1n) is 3.92. The molecule has 2 aliphatic carbocycles. The van der Waals surface area contributed by atoms with Crippen molar-refractivity contribution in [1.29, 1.82) is 0 Å². The van der Waals surface area contributed by atoms with Gasteiger partial charge >= 0.3 is 0 Å². The van der Waals surface area contributed by atoms with Crippen LogP contribution in [-0.2, 0) is 0 Å². The van der Waals surface area contributed by atoms with Crippen molar-refractivity contribution in [3.8, 4) is 0 Å². The zero-order chi connectivity index (χ0) is 6.48. The molecule has 0 spiro atoms. The van der Waals surface area contributed by atoms with Crippen molar-refractivity contribution in [2.45, 2.75) is 19.8 Å². The topological polar surface area (TPSA) is 12.0 Å². The van der Waals surface area contributed by atoms with Gasteiger partial charge in [0.1, 0.15) is 0 Å². The summed E-state index contributed by atoms with van der Waals surface area (Å²) in [6, 6.07) is 0. The Bertz CT molecular complexity index is 133. The van der Waals surface area contributed by atoms with Gasteiger partial charge in [-0.2, -0.15) is 0 Å². The summed E-state index contributed by atoms with van der Waals surface area (Å²) in [5.41, 5.74) is 0.795. The Morgan fingerprint density at radius 2 is 2.44 bits per heavy atom. The molecular weight excluding hydrogens is 110 g/mol. The van der Waals surface area contributed by atoms with Gasteiger partial charge in [0.05, 0.1) is 0 Å². The largest absolute Gasteiger partial charge is 0.319 e. The Kier molecular flexibility index (Phi) is 0.963. The van der Waals surface area contributed by atoms with Crippen molar-refractivity contribution in [2.24, 2.45) is 17.3 Å². The molecule has 0 radical (unpaired) electrons. The van der Waals surface area contributed by atoms with Crippen LogP contribution < -0.4 is 5.32 Å². The standard InChI is InChI=1S/C8H15N/c1-8-4-6(8)3-7(8)5-9-2/h6-7,9H,3-5H2,1-2H3. The Balaban J connectivity index is 1.89. The molecule has 9 heavy (non-hydrogen) atoms. The third-order valence-electron chi connectivity index (χ3n) is 3.41. The van der Waals surface area contributed by atoms with E-state index in [-0.39, 0.29) is 0 Å². The summed E-state index contributed by atoms with van der Waals surface area (Å²) in [6.07, 6.45) is 3.01. The van der Waals surface area contributed by atoms with Gasteiger partial charge in [0.2, 0.25) is 0 Å². The molecule has 0 aromatic carbocycles.